The average Bonchev–Trinajstić information content (AvgIpc) is 2.67. The molecule has 0 saturated heterocycles. The van der Waals surface area contributed by atoms with E-state index >= 15 is 0 Å². The summed E-state index contributed by atoms with van der Waals surface area (Å²) in [5, 5.41) is 28.4. The lowest BCUT2D eigenvalue weighted by molar-refractivity contribution is 0.0572. The SMILES string of the molecule is CCCCC(O)C(CCCCCCCCO)C(C)CCCCCCCCO. The average molecular weight is 387 g/mol. The lowest BCUT2D eigenvalue weighted by atomic mass is 9.80. The van der Waals surface area contributed by atoms with Gasteiger partial charge in [0.05, 0.1) is 6.10 Å². The van der Waals surface area contributed by atoms with Gasteiger partial charge in [0, 0.05) is 13.2 Å². The van der Waals surface area contributed by atoms with Crippen molar-refractivity contribution in [1.82, 2.24) is 0 Å². The standard InChI is InChI=1S/C24H50O3/c1-3-4-19-24(27)23(18-14-10-6-8-12-16-21-26)22(2)17-13-9-5-7-11-15-20-25/h22-27H,3-21H2,1-2H3. The molecule has 3 unspecified atom stereocenters. The normalized spacial score (nSPS) is 15.0. The summed E-state index contributed by atoms with van der Waals surface area (Å²) in [7, 11) is 0. The monoisotopic (exact) mass is 386 g/mol. The molecule has 3 nitrogen and oxygen atoms in total. The molecule has 0 fully saturated rings. The van der Waals surface area contributed by atoms with Crippen molar-refractivity contribution in [3.63, 3.8) is 0 Å². The molecule has 0 rings (SSSR count). The Morgan fingerprint density at radius 3 is 1.48 bits per heavy atom. The molecule has 0 amide bonds. The number of hydrogen-bond donors (Lipinski definition) is 3. The Kier molecular flexibility index (Phi) is 20.5. The third-order valence-corrected chi connectivity index (χ3v) is 6.09. The van der Waals surface area contributed by atoms with Gasteiger partial charge in [0.25, 0.3) is 0 Å². The number of aliphatic hydroxyl groups excluding tert-OH is 3. The highest BCUT2D eigenvalue weighted by Crippen LogP contribution is 2.29. The van der Waals surface area contributed by atoms with Crippen molar-refractivity contribution in [3.05, 3.63) is 0 Å². The van der Waals surface area contributed by atoms with E-state index in [-0.39, 0.29) is 6.10 Å². The van der Waals surface area contributed by atoms with E-state index in [4.69, 9.17) is 10.2 Å². The van der Waals surface area contributed by atoms with Crippen molar-refractivity contribution in [2.24, 2.45) is 11.8 Å². The Morgan fingerprint density at radius 2 is 1.00 bits per heavy atom. The van der Waals surface area contributed by atoms with Crippen LogP contribution in [0.5, 0.6) is 0 Å². The number of hydrogen-bond acceptors (Lipinski definition) is 3. The van der Waals surface area contributed by atoms with Crippen LogP contribution in [0.3, 0.4) is 0 Å². The first-order valence-electron chi connectivity index (χ1n) is 12.1. The molecule has 164 valence electrons. The summed E-state index contributed by atoms with van der Waals surface area (Å²) in [6.45, 7) is 5.21. The van der Waals surface area contributed by atoms with Gasteiger partial charge in [-0.3, -0.25) is 0 Å². The zero-order valence-electron chi connectivity index (χ0n) is 18.5. The zero-order chi connectivity index (χ0) is 20.2. The van der Waals surface area contributed by atoms with E-state index in [1.54, 1.807) is 0 Å². The minimum atomic E-state index is -0.126. The Morgan fingerprint density at radius 1 is 0.556 bits per heavy atom. The summed E-state index contributed by atoms with van der Waals surface area (Å²) in [4.78, 5) is 0. The minimum Gasteiger partial charge on any atom is -0.396 e. The molecule has 0 aliphatic heterocycles. The Bertz CT molecular complexity index is 283. The maximum absolute atomic E-state index is 10.7. The van der Waals surface area contributed by atoms with Gasteiger partial charge in [0.1, 0.15) is 0 Å². The van der Waals surface area contributed by atoms with Crippen LogP contribution in [0.4, 0.5) is 0 Å². The predicted octanol–water partition coefficient (Wildman–Crippen LogP) is 6.24. The van der Waals surface area contributed by atoms with Gasteiger partial charge in [0.2, 0.25) is 0 Å². The summed E-state index contributed by atoms with van der Waals surface area (Å²) in [6, 6.07) is 0. The first-order chi connectivity index (χ1) is 13.2. The van der Waals surface area contributed by atoms with Crippen LogP contribution in [0, 0.1) is 11.8 Å². The molecule has 27 heavy (non-hydrogen) atoms. The molecule has 3 heteroatoms. The quantitative estimate of drug-likeness (QED) is 0.205. The number of rotatable bonds is 21. The third kappa shape index (κ3) is 16.5. The Hall–Kier alpha value is -0.120. The van der Waals surface area contributed by atoms with Gasteiger partial charge in [-0.2, -0.15) is 0 Å². The van der Waals surface area contributed by atoms with E-state index in [1.807, 2.05) is 0 Å². The van der Waals surface area contributed by atoms with Crippen LogP contribution in [0.25, 0.3) is 0 Å². The maximum atomic E-state index is 10.7. The Labute approximate surface area is 170 Å². The molecule has 0 bridgehead atoms. The van der Waals surface area contributed by atoms with E-state index in [2.05, 4.69) is 13.8 Å². The summed E-state index contributed by atoms with van der Waals surface area (Å²) >= 11 is 0. The fourth-order valence-electron chi connectivity index (χ4n) is 4.18. The summed E-state index contributed by atoms with van der Waals surface area (Å²) in [5.41, 5.74) is 0. The van der Waals surface area contributed by atoms with Gasteiger partial charge in [-0.05, 0) is 37.5 Å². The van der Waals surface area contributed by atoms with Crippen molar-refractivity contribution in [2.45, 2.75) is 129 Å². The van der Waals surface area contributed by atoms with Crippen molar-refractivity contribution >= 4 is 0 Å². The van der Waals surface area contributed by atoms with Crippen LogP contribution < -0.4 is 0 Å². The van der Waals surface area contributed by atoms with Crippen LogP contribution >= 0.6 is 0 Å². The lowest BCUT2D eigenvalue weighted by Crippen LogP contribution is -2.26. The minimum absolute atomic E-state index is 0.126. The molecule has 3 atom stereocenters. The highest BCUT2D eigenvalue weighted by Gasteiger charge is 2.24. The van der Waals surface area contributed by atoms with E-state index in [1.165, 1.54) is 64.2 Å². The van der Waals surface area contributed by atoms with Gasteiger partial charge < -0.3 is 15.3 Å². The number of aliphatic hydroxyl groups is 3. The molecule has 0 aromatic heterocycles. The molecular weight excluding hydrogens is 336 g/mol. The molecule has 0 aromatic carbocycles. The molecule has 0 radical (unpaired) electrons. The van der Waals surface area contributed by atoms with Crippen LogP contribution in [0.2, 0.25) is 0 Å². The molecular formula is C24H50O3. The van der Waals surface area contributed by atoms with Gasteiger partial charge in [-0.25, -0.2) is 0 Å². The van der Waals surface area contributed by atoms with Gasteiger partial charge in [0.15, 0.2) is 0 Å². The molecule has 0 heterocycles. The fraction of sp³-hybridized carbons (Fsp3) is 1.00. The fourth-order valence-corrected chi connectivity index (χ4v) is 4.18. The highest BCUT2D eigenvalue weighted by molar-refractivity contribution is 4.75. The summed E-state index contributed by atoms with van der Waals surface area (Å²) < 4.78 is 0. The van der Waals surface area contributed by atoms with Gasteiger partial charge in [-0.1, -0.05) is 97.3 Å². The van der Waals surface area contributed by atoms with Crippen molar-refractivity contribution in [2.75, 3.05) is 13.2 Å². The van der Waals surface area contributed by atoms with Crippen molar-refractivity contribution in [1.29, 1.82) is 0 Å². The van der Waals surface area contributed by atoms with E-state index in [9.17, 15) is 5.11 Å². The molecule has 0 spiro atoms. The van der Waals surface area contributed by atoms with Crippen LogP contribution in [0.1, 0.15) is 123 Å². The van der Waals surface area contributed by atoms with Gasteiger partial charge >= 0.3 is 0 Å². The van der Waals surface area contributed by atoms with Gasteiger partial charge in [-0.15, -0.1) is 0 Å². The second-order valence-electron chi connectivity index (χ2n) is 8.62. The maximum Gasteiger partial charge on any atom is 0.0570 e. The summed E-state index contributed by atoms with van der Waals surface area (Å²) in [6.07, 6.45) is 19.8. The first-order valence-corrected chi connectivity index (χ1v) is 12.1. The Balaban J connectivity index is 4.08. The summed E-state index contributed by atoms with van der Waals surface area (Å²) in [5.74, 6) is 1.08. The molecule has 0 aliphatic rings. The molecule has 0 saturated carbocycles. The molecule has 3 N–H and O–H groups in total. The third-order valence-electron chi connectivity index (χ3n) is 6.09. The van der Waals surface area contributed by atoms with E-state index < -0.39 is 0 Å². The second kappa shape index (κ2) is 20.6. The topological polar surface area (TPSA) is 60.7 Å². The first kappa shape index (κ1) is 26.9. The van der Waals surface area contributed by atoms with Crippen LogP contribution in [0.15, 0.2) is 0 Å². The second-order valence-corrected chi connectivity index (χ2v) is 8.62. The lowest BCUT2D eigenvalue weighted by Gasteiger charge is -2.29. The van der Waals surface area contributed by atoms with Crippen molar-refractivity contribution < 1.29 is 15.3 Å². The smallest absolute Gasteiger partial charge is 0.0570 e. The molecule has 0 aliphatic carbocycles. The predicted molar refractivity (Wildman–Crippen MR) is 117 cm³/mol. The van der Waals surface area contributed by atoms with E-state index in [0.29, 0.717) is 25.0 Å². The van der Waals surface area contributed by atoms with Crippen LogP contribution in [-0.2, 0) is 0 Å². The largest absolute Gasteiger partial charge is 0.396 e. The van der Waals surface area contributed by atoms with E-state index in [0.717, 1.165) is 44.9 Å². The van der Waals surface area contributed by atoms with Crippen molar-refractivity contribution in [3.8, 4) is 0 Å². The number of unbranched alkanes of at least 4 members (excludes halogenated alkanes) is 11. The molecule has 0 aromatic rings. The zero-order valence-corrected chi connectivity index (χ0v) is 18.5. The highest BCUT2D eigenvalue weighted by atomic mass is 16.3. The van der Waals surface area contributed by atoms with Crippen LogP contribution in [-0.4, -0.2) is 34.6 Å².